The fraction of sp³-hybridized carbons (Fsp3) is 0.667. The molecule has 0 aliphatic carbocycles. The average Bonchev–Trinajstić information content (AvgIpc) is 2.69. The van der Waals surface area contributed by atoms with Crippen LogP contribution in [0, 0.1) is 0 Å². The fourth-order valence-corrected chi connectivity index (χ4v) is 3.50. The molecule has 4 nitrogen and oxygen atoms in total. The normalized spacial score (nSPS) is 12.8. The molecule has 0 saturated carbocycles. The smallest absolute Gasteiger partial charge is 0.342 e. The molecule has 1 aromatic rings. The molecule has 7 heteroatoms. The summed E-state index contributed by atoms with van der Waals surface area (Å²) in [5, 5.41) is 0.753. The van der Waals surface area contributed by atoms with Crippen molar-refractivity contribution < 1.29 is 19.0 Å². The number of methoxy groups -OCH3 is 2. The molecule has 0 bridgehead atoms. The number of esters is 1. The van der Waals surface area contributed by atoms with Crippen molar-refractivity contribution in [3.8, 4) is 0 Å². The van der Waals surface area contributed by atoms with Crippen molar-refractivity contribution in [2.75, 3.05) is 21.0 Å². The van der Waals surface area contributed by atoms with Crippen LogP contribution in [0.5, 0.6) is 0 Å². The quantitative estimate of drug-likeness (QED) is 0.134. The third-order valence-electron chi connectivity index (χ3n) is 4.59. The molecular weight excluding hydrogens is 423 g/mol. The maximum absolute atomic E-state index is 11.4. The molecule has 0 fully saturated rings. The molecule has 0 heterocycles. The van der Waals surface area contributed by atoms with Crippen LogP contribution in [0.25, 0.3) is 0 Å². The molecule has 0 N–H and O–H groups in total. The lowest BCUT2D eigenvalue weighted by molar-refractivity contribution is -0.141. The van der Waals surface area contributed by atoms with E-state index >= 15 is 0 Å². The second-order valence-corrected chi connectivity index (χ2v) is 8.78. The number of hydrogen-bond acceptors (Lipinski definition) is 4. The van der Waals surface area contributed by atoms with E-state index in [4.69, 9.17) is 44.3 Å². The minimum absolute atomic E-state index is 0.174. The molecule has 0 aliphatic rings. The van der Waals surface area contributed by atoms with Gasteiger partial charge in [-0.1, -0.05) is 72.6 Å². The molecular formula is C21H31Cl3O4. The van der Waals surface area contributed by atoms with Crippen molar-refractivity contribution in [1.82, 2.24) is 0 Å². The molecule has 1 atom stereocenters. The van der Waals surface area contributed by atoms with E-state index in [1.165, 1.54) is 12.7 Å². The van der Waals surface area contributed by atoms with E-state index in [9.17, 15) is 4.79 Å². The predicted octanol–water partition coefficient (Wildman–Crippen LogP) is 6.34. The summed E-state index contributed by atoms with van der Waals surface area (Å²) in [6, 6.07) is 7.94. The average molecular weight is 454 g/mol. The molecule has 1 rings (SSSR count). The zero-order valence-corrected chi connectivity index (χ0v) is 19.0. The summed E-state index contributed by atoms with van der Waals surface area (Å²) >= 11 is 17.9. The maximum Gasteiger partial charge on any atom is 0.342 e. The highest BCUT2D eigenvalue weighted by Crippen LogP contribution is 2.29. The number of hydrogen-bond donors (Lipinski definition) is 0. The third kappa shape index (κ3) is 10.9. The second kappa shape index (κ2) is 14.5. The Balaban J connectivity index is 2.22. The van der Waals surface area contributed by atoms with Crippen LogP contribution in [-0.4, -0.2) is 37.4 Å². The van der Waals surface area contributed by atoms with Crippen LogP contribution >= 0.6 is 34.8 Å². The molecule has 0 aromatic heterocycles. The molecule has 0 radical (unpaired) electrons. The van der Waals surface area contributed by atoms with Crippen LogP contribution in [0.1, 0.15) is 56.9 Å². The largest absolute Gasteiger partial charge is 0.467 e. The third-order valence-corrected chi connectivity index (χ3v) is 5.53. The highest BCUT2D eigenvalue weighted by Gasteiger charge is 2.33. The standard InChI is InChI=1S/C21H31Cl3O4/c1-26-16-28-19(14-11-17-9-12-18(22)13-10-17)8-6-4-3-5-7-15-21(23,24)20(25)27-2/h9-10,12-13,19H,3-8,11,14-16H2,1-2H3. The minimum Gasteiger partial charge on any atom is -0.467 e. The highest BCUT2D eigenvalue weighted by atomic mass is 35.5. The van der Waals surface area contributed by atoms with Gasteiger partial charge in [0.1, 0.15) is 6.79 Å². The summed E-state index contributed by atoms with van der Waals surface area (Å²) in [7, 11) is 2.93. The SMILES string of the molecule is COCOC(CCCCCCCC(Cl)(Cl)C(=O)OC)CCc1ccc(Cl)cc1. The molecule has 0 spiro atoms. The van der Waals surface area contributed by atoms with Crippen molar-refractivity contribution >= 4 is 40.8 Å². The van der Waals surface area contributed by atoms with Crippen LogP contribution in [0.4, 0.5) is 0 Å². The molecule has 1 aromatic carbocycles. The highest BCUT2D eigenvalue weighted by molar-refractivity contribution is 6.57. The minimum atomic E-state index is -1.44. The first kappa shape index (κ1) is 25.5. The van der Waals surface area contributed by atoms with E-state index in [1.54, 1.807) is 7.11 Å². The predicted molar refractivity (Wildman–Crippen MR) is 115 cm³/mol. The Hall–Kier alpha value is -0.520. The van der Waals surface area contributed by atoms with Crippen molar-refractivity contribution in [3.63, 3.8) is 0 Å². The van der Waals surface area contributed by atoms with Crippen molar-refractivity contribution in [1.29, 1.82) is 0 Å². The number of rotatable bonds is 15. The van der Waals surface area contributed by atoms with Gasteiger partial charge in [-0.15, -0.1) is 0 Å². The molecule has 1 unspecified atom stereocenters. The maximum atomic E-state index is 11.4. The van der Waals surface area contributed by atoms with Gasteiger partial charge in [0.15, 0.2) is 0 Å². The van der Waals surface area contributed by atoms with E-state index in [0.717, 1.165) is 56.4 Å². The van der Waals surface area contributed by atoms with Crippen LogP contribution in [0.15, 0.2) is 24.3 Å². The van der Waals surface area contributed by atoms with Crippen LogP contribution in [-0.2, 0) is 25.4 Å². The number of halogens is 3. The van der Waals surface area contributed by atoms with Gasteiger partial charge in [-0.3, -0.25) is 0 Å². The second-order valence-electron chi connectivity index (χ2n) is 6.86. The lowest BCUT2D eigenvalue weighted by Gasteiger charge is -2.18. The molecule has 0 amide bonds. The summed E-state index contributed by atoms with van der Waals surface area (Å²) in [4.78, 5) is 11.4. The van der Waals surface area contributed by atoms with E-state index in [1.807, 2.05) is 12.1 Å². The van der Waals surface area contributed by atoms with Gasteiger partial charge in [0.2, 0.25) is 4.33 Å². The summed E-state index contributed by atoms with van der Waals surface area (Å²) in [6.07, 6.45) is 8.50. The first-order chi connectivity index (χ1) is 13.4. The van der Waals surface area contributed by atoms with Gasteiger partial charge in [-0.2, -0.15) is 0 Å². The lowest BCUT2D eigenvalue weighted by Crippen LogP contribution is -2.27. The zero-order chi connectivity index (χ0) is 20.8. The first-order valence-corrected chi connectivity index (χ1v) is 10.8. The Labute approximate surface area is 183 Å². The van der Waals surface area contributed by atoms with Crippen LogP contribution in [0.3, 0.4) is 0 Å². The number of benzene rings is 1. The van der Waals surface area contributed by atoms with Gasteiger partial charge in [0.05, 0.1) is 13.2 Å². The van der Waals surface area contributed by atoms with Gasteiger partial charge in [0.25, 0.3) is 0 Å². The van der Waals surface area contributed by atoms with Crippen molar-refractivity contribution in [3.05, 3.63) is 34.9 Å². The van der Waals surface area contributed by atoms with Gasteiger partial charge in [-0.05, 0) is 49.8 Å². The monoisotopic (exact) mass is 452 g/mol. The number of carbonyl (C=O) groups excluding carboxylic acids is 1. The van der Waals surface area contributed by atoms with E-state index in [2.05, 4.69) is 16.9 Å². The van der Waals surface area contributed by atoms with Crippen LogP contribution < -0.4 is 0 Å². The topological polar surface area (TPSA) is 44.8 Å². The number of carbonyl (C=O) groups is 1. The Bertz CT molecular complexity index is 549. The number of ether oxygens (including phenoxy) is 3. The summed E-state index contributed by atoms with van der Waals surface area (Å²) in [5.74, 6) is -0.588. The van der Waals surface area contributed by atoms with Crippen LogP contribution in [0.2, 0.25) is 5.02 Å². The van der Waals surface area contributed by atoms with Gasteiger partial charge in [0, 0.05) is 12.1 Å². The molecule has 28 heavy (non-hydrogen) atoms. The van der Waals surface area contributed by atoms with E-state index in [-0.39, 0.29) is 6.10 Å². The van der Waals surface area contributed by atoms with Crippen molar-refractivity contribution in [2.45, 2.75) is 68.2 Å². The van der Waals surface area contributed by atoms with Crippen molar-refractivity contribution in [2.24, 2.45) is 0 Å². The van der Waals surface area contributed by atoms with Gasteiger partial charge in [-0.25, -0.2) is 4.79 Å². The Morgan fingerprint density at radius 3 is 2.29 bits per heavy atom. The summed E-state index contributed by atoms with van der Waals surface area (Å²) < 4.78 is 14.0. The Morgan fingerprint density at radius 1 is 1.00 bits per heavy atom. The van der Waals surface area contributed by atoms with Gasteiger partial charge >= 0.3 is 5.97 Å². The first-order valence-electron chi connectivity index (χ1n) is 9.70. The molecule has 160 valence electrons. The lowest BCUT2D eigenvalue weighted by atomic mass is 10.0. The van der Waals surface area contributed by atoms with E-state index < -0.39 is 10.3 Å². The fourth-order valence-electron chi connectivity index (χ4n) is 2.95. The molecule has 0 aliphatic heterocycles. The summed E-state index contributed by atoms with van der Waals surface area (Å²) in [5.41, 5.74) is 1.26. The number of unbranched alkanes of at least 4 members (excludes halogenated alkanes) is 4. The number of alkyl halides is 2. The Morgan fingerprint density at radius 2 is 1.64 bits per heavy atom. The van der Waals surface area contributed by atoms with Gasteiger partial charge < -0.3 is 14.2 Å². The Kier molecular flexibility index (Phi) is 13.2. The summed E-state index contributed by atoms with van der Waals surface area (Å²) in [6.45, 7) is 0.312. The zero-order valence-electron chi connectivity index (χ0n) is 16.7. The van der Waals surface area contributed by atoms with E-state index in [0.29, 0.717) is 13.2 Å². The number of aryl methyl sites for hydroxylation is 1. The molecule has 0 saturated heterocycles.